The van der Waals surface area contributed by atoms with Gasteiger partial charge in [0.2, 0.25) is 5.89 Å². The lowest BCUT2D eigenvalue weighted by Crippen LogP contribution is -2.34. The van der Waals surface area contributed by atoms with E-state index in [-0.39, 0.29) is 0 Å². The molecule has 1 atom stereocenters. The molecule has 2 aromatic rings. The van der Waals surface area contributed by atoms with Crippen LogP contribution in [0.3, 0.4) is 0 Å². The molecule has 1 aliphatic heterocycles. The predicted octanol–water partition coefficient (Wildman–Crippen LogP) is 4.27. The van der Waals surface area contributed by atoms with E-state index in [1.807, 2.05) is 6.92 Å². The highest BCUT2D eigenvalue weighted by Gasteiger charge is 2.57. The van der Waals surface area contributed by atoms with E-state index in [2.05, 4.69) is 53.2 Å². The lowest BCUT2D eigenvalue weighted by molar-refractivity contribution is 0.161. The van der Waals surface area contributed by atoms with E-state index in [0.29, 0.717) is 23.1 Å². The summed E-state index contributed by atoms with van der Waals surface area (Å²) in [6, 6.07) is 9.14. The molecule has 1 unspecified atom stereocenters. The van der Waals surface area contributed by atoms with Crippen molar-refractivity contribution in [3.8, 4) is 0 Å². The van der Waals surface area contributed by atoms with Crippen LogP contribution in [0.4, 0.5) is 0 Å². The van der Waals surface area contributed by atoms with Gasteiger partial charge >= 0.3 is 0 Å². The average molecular weight is 325 g/mol. The van der Waals surface area contributed by atoms with Crippen molar-refractivity contribution in [1.29, 1.82) is 0 Å². The molecule has 1 saturated carbocycles. The molecule has 128 valence electrons. The van der Waals surface area contributed by atoms with Crippen LogP contribution in [0.2, 0.25) is 0 Å². The van der Waals surface area contributed by atoms with Crippen LogP contribution in [0, 0.1) is 12.3 Å². The fourth-order valence-corrected chi connectivity index (χ4v) is 4.14. The summed E-state index contributed by atoms with van der Waals surface area (Å²) in [5.41, 5.74) is 3.30. The zero-order chi connectivity index (χ0) is 16.7. The first-order valence-corrected chi connectivity index (χ1v) is 9.17. The van der Waals surface area contributed by atoms with Crippen LogP contribution in [0.15, 0.2) is 28.8 Å². The van der Waals surface area contributed by atoms with Crippen molar-refractivity contribution in [3.05, 3.63) is 47.1 Å². The highest BCUT2D eigenvalue weighted by Crippen LogP contribution is 2.64. The number of aromatic nitrogens is 2. The van der Waals surface area contributed by atoms with Gasteiger partial charge in [0.1, 0.15) is 0 Å². The molecular weight excluding hydrogens is 298 g/mol. The van der Waals surface area contributed by atoms with Gasteiger partial charge in [-0.25, -0.2) is 0 Å². The molecule has 0 bridgehead atoms. The summed E-state index contributed by atoms with van der Waals surface area (Å²) in [6.45, 7) is 9.80. The predicted molar refractivity (Wildman–Crippen MR) is 93.9 cm³/mol. The number of piperidine rings is 1. The van der Waals surface area contributed by atoms with Crippen LogP contribution < -0.4 is 0 Å². The van der Waals surface area contributed by atoms with Gasteiger partial charge in [-0.1, -0.05) is 43.3 Å². The molecule has 0 N–H and O–H groups in total. The van der Waals surface area contributed by atoms with Crippen LogP contribution >= 0.6 is 0 Å². The van der Waals surface area contributed by atoms with Gasteiger partial charge in [0.15, 0.2) is 5.82 Å². The van der Waals surface area contributed by atoms with Crippen LogP contribution in [-0.2, 0) is 6.54 Å². The van der Waals surface area contributed by atoms with Crippen molar-refractivity contribution in [2.45, 2.75) is 58.4 Å². The molecule has 2 heterocycles. The van der Waals surface area contributed by atoms with E-state index in [0.717, 1.165) is 12.4 Å². The Balaban J connectivity index is 1.32. The first kappa shape index (κ1) is 15.8. The summed E-state index contributed by atoms with van der Waals surface area (Å²) in [6.07, 6.45) is 3.76. The van der Waals surface area contributed by atoms with E-state index in [9.17, 15) is 0 Å². The van der Waals surface area contributed by atoms with Gasteiger partial charge in [0.05, 0.1) is 0 Å². The highest BCUT2D eigenvalue weighted by molar-refractivity contribution is 5.25. The number of benzene rings is 1. The molecule has 4 rings (SSSR count). The number of likely N-dealkylation sites (tertiary alicyclic amines) is 1. The molecular formula is C20H27N3O. The third kappa shape index (κ3) is 3.00. The van der Waals surface area contributed by atoms with Crippen molar-refractivity contribution < 1.29 is 4.52 Å². The Hall–Kier alpha value is -1.68. The molecule has 2 fully saturated rings. The molecule has 1 saturated heterocycles. The average Bonchev–Trinajstić information content (AvgIpc) is 3.10. The molecule has 4 nitrogen and oxygen atoms in total. The largest absolute Gasteiger partial charge is 0.340 e. The molecule has 24 heavy (non-hydrogen) atoms. The smallest absolute Gasteiger partial charge is 0.223 e. The maximum Gasteiger partial charge on any atom is 0.223 e. The van der Waals surface area contributed by atoms with Crippen LogP contribution in [0.5, 0.6) is 0 Å². The van der Waals surface area contributed by atoms with Gasteiger partial charge in [-0.2, -0.15) is 4.98 Å². The Morgan fingerprint density at radius 2 is 1.92 bits per heavy atom. The van der Waals surface area contributed by atoms with Gasteiger partial charge in [0.25, 0.3) is 0 Å². The Morgan fingerprint density at radius 1 is 1.21 bits per heavy atom. The van der Waals surface area contributed by atoms with Crippen molar-refractivity contribution in [1.82, 2.24) is 15.0 Å². The summed E-state index contributed by atoms with van der Waals surface area (Å²) < 4.78 is 5.15. The third-order valence-corrected chi connectivity index (χ3v) is 5.95. The van der Waals surface area contributed by atoms with Crippen molar-refractivity contribution in [2.75, 3.05) is 13.1 Å². The molecule has 0 amide bonds. The third-order valence-electron chi connectivity index (χ3n) is 5.95. The van der Waals surface area contributed by atoms with Crippen molar-refractivity contribution >= 4 is 0 Å². The highest BCUT2D eigenvalue weighted by atomic mass is 16.5. The normalized spacial score (nSPS) is 23.1. The quantitative estimate of drug-likeness (QED) is 0.842. The maximum atomic E-state index is 5.15. The SMILES string of the molecule is Cc1nc(C2CC23CCN(Cc2ccc(C(C)C)cc2)CC3)no1. The topological polar surface area (TPSA) is 42.2 Å². The van der Waals surface area contributed by atoms with E-state index >= 15 is 0 Å². The molecule has 1 aromatic heterocycles. The van der Waals surface area contributed by atoms with E-state index in [1.54, 1.807) is 0 Å². The second kappa shape index (κ2) is 5.99. The van der Waals surface area contributed by atoms with Gasteiger partial charge in [-0.05, 0) is 54.8 Å². The summed E-state index contributed by atoms with van der Waals surface area (Å²) in [5, 5.41) is 4.14. The Labute approximate surface area is 144 Å². The summed E-state index contributed by atoms with van der Waals surface area (Å²) >= 11 is 0. The van der Waals surface area contributed by atoms with E-state index in [4.69, 9.17) is 4.52 Å². The number of rotatable bonds is 4. The number of aryl methyl sites for hydroxylation is 1. The van der Waals surface area contributed by atoms with Gasteiger partial charge in [-0.15, -0.1) is 0 Å². The molecule has 1 aromatic carbocycles. The lowest BCUT2D eigenvalue weighted by Gasteiger charge is -2.32. The molecule has 0 radical (unpaired) electrons. The molecule has 2 aliphatic rings. The second-order valence-corrected chi connectivity index (χ2v) is 7.96. The fourth-order valence-electron chi connectivity index (χ4n) is 4.14. The Kier molecular flexibility index (Phi) is 3.95. The minimum atomic E-state index is 0.453. The van der Waals surface area contributed by atoms with Gasteiger partial charge in [-0.3, -0.25) is 4.90 Å². The van der Waals surface area contributed by atoms with Crippen molar-refractivity contribution in [3.63, 3.8) is 0 Å². The Morgan fingerprint density at radius 3 is 2.50 bits per heavy atom. The fraction of sp³-hybridized carbons (Fsp3) is 0.600. The lowest BCUT2D eigenvalue weighted by atomic mass is 9.90. The van der Waals surface area contributed by atoms with Gasteiger partial charge < -0.3 is 4.52 Å². The standard InChI is InChI=1S/C20H27N3O/c1-14(2)17-6-4-16(5-7-17)13-23-10-8-20(9-11-23)12-18(20)19-21-15(3)24-22-19/h4-7,14,18H,8-13H2,1-3H3. The number of nitrogens with zero attached hydrogens (tertiary/aromatic N) is 3. The number of hydrogen-bond donors (Lipinski definition) is 0. The Bertz CT molecular complexity index is 696. The zero-order valence-corrected chi connectivity index (χ0v) is 15.0. The van der Waals surface area contributed by atoms with Crippen molar-refractivity contribution in [2.24, 2.45) is 5.41 Å². The number of hydrogen-bond acceptors (Lipinski definition) is 4. The monoisotopic (exact) mass is 325 g/mol. The summed E-state index contributed by atoms with van der Waals surface area (Å²) in [4.78, 5) is 7.03. The second-order valence-electron chi connectivity index (χ2n) is 7.96. The first-order chi connectivity index (χ1) is 11.6. The van der Waals surface area contributed by atoms with E-state index < -0.39 is 0 Å². The summed E-state index contributed by atoms with van der Waals surface area (Å²) in [7, 11) is 0. The first-order valence-electron chi connectivity index (χ1n) is 9.17. The van der Waals surface area contributed by atoms with Crippen LogP contribution in [0.25, 0.3) is 0 Å². The minimum absolute atomic E-state index is 0.453. The van der Waals surface area contributed by atoms with Crippen LogP contribution in [0.1, 0.15) is 67.8 Å². The minimum Gasteiger partial charge on any atom is -0.340 e. The molecule has 1 spiro atoms. The molecule has 1 aliphatic carbocycles. The van der Waals surface area contributed by atoms with E-state index in [1.165, 1.54) is 43.5 Å². The maximum absolute atomic E-state index is 5.15. The van der Waals surface area contributed by atoms with Gasteiger partial charge in [0, 0.05) is 19.4 Å². The molecule has 4 heteroatoms. The summed E-state index contributed by atoms with van der Waals surface area (Å²) in [5.74, 6) is 2.76. The van der Waals surface area contributed by atoms with Crippen LogP contribution in [-0.4, -0.2) is 28.1 Å². The zero-order valence-electron chi connectivity index (χ0n) is 15.0.